The smallest absolute Gasteiger partial charge is 0.123 e. The van der Waals surface area contributed by atoms with E-state index in [1.807, 2.05) is 18.2 Å². The highest BCUT2D eigenvalue weighted by Crippen LogP contribution is 2.29. The molecule has 2 nitrogen and oxygen atoms in total. The van der Waals surface area contributed by atoms with E-state index in [-0.39, 0.29) is 17.3 Å². The molecule has 0 radical (unpaired) electrons. The molecule has 0 aliphatic rings. The normalized spacial score (nSPS) is 13.5. The Morgan fingerprint density at radius 1 is 1.26 bits per heavy atom. The second-order valence-corrected chi connectivity index (χ2v) is 6.26. The van der Waals surface area contributed by atoms with E-state index in [0.717, 1.165) is 12.0 Å². The Kier molecular flexibility index (Phi) is 4.34. The quantitative estimate of drug-likeness (QED) is 0.651. The molecule has 1 unspecified atom stereocenters. The van der Waals surface area contributed by atoms with Crippen molar-refractivity contribution in [2.45, 2.75) is 31.7 Å². The summed E-state index contributed by atoms with van der Waals surface area (Å²) in [7, 11) is 0. The van der Waals surface area contributed by atoms with E-state index in [4.69, 9.17) is 5.84 Å². The first-order valence-electron chi connectivity index (χ1n) is 6.28. The van der Waals surface area contributed by atoms with Crippen molar-refractivity contribution in [1.82, 2.24) is 5.43 Å². The molecule has 1 aromatic heterocycles. The van der Waals surface area contributed by atoms with Gasteiger partial charge in [-0.25, -0.2) is 4.39 Å². The van der Waals surface area contributed by atoms with Gasteiger partial charge in [0.25, 0.3) is 0 Å². The number of halogens is 1. The number of benzene rings is 1. The highest BCUT2D eigenvalue weighted by Gasteiger charge is 2.30. The zero-order chi connectivity index (χ0) is 13.9. The van der Waals surface area contributed by atoms with Crippen molar-refractivity contribution in [2.75, 3.05) is 0 Å². The molecule has 2 aromatic rings. The van der Waals surface area contributed by atoms with Crippen molar-refractivity contribution in [3.05, 3.63) is 58.0 Å². The lowest BCUT2D eigenvalue weighted by Crippen LogP contribution is -2.49. The van der Waals surface area contributed by atoms with Gasteiger partial charge in [-0.05, 0) is 35.6 Å². The maximum atomic E-state index is 13.0. The Hall–Kier alpha value is -1.23. The predicted molar refractivity (Wildman–Crippen MR) is 78.6 cm³/mol. The molecule has 0 saturated heterocycles. The zero-order valence-corrected chi connectivity index (χ0v) is 12.0. The lowest BCUT2D eigenvalue weighted by atomic mass is 9.76. The number of hydrogen-bond acceptors (Lipinski definition) is 3. The van der Waals surface area contributed by atoms with Crippen molar-refractivity contribution in [3.8, 4) is 0 Å². The van der Waals surface area contributed by atoms with Crippen molar-refractivity contribution in [3.63, 3.8) is 0 Å². The van der Waals surface area contributed by atoms with Crippen LogP contribution < -0.4 is 11.3 Å². The van der Waals surface area contributed by atoms with Gasteiger partial charge >= 0.3 is 0 Å². The Bertz CT molecular complexity index is 505. The summed E-state index contributed by atoms with van der Waals surface area (Å²) >= 11 is 1.72. The minimum Gasteiger partial charge on any atom is -0.271 e. The monoisotopic (exact) mass is 278 g/mol. The van der Waals surface area contributed by atoms with Crippen LogP contribution in [0.4, 0.5) is 4.39 Å². The van der Waals surface area contributed by atoms with Gasteiger partial charge in [0.05, 0.1) is 0 Å². The van der Waals surface area contributed by atoms with Gasteiger partial charge in [0, 0.05) is 16.3 Å². The van der Waals surface area contributed by atoms with E-state index in [0.29, 0.717) is 0 Å². The van der Waals surface area contributed by atoms with Crippen LogP contribution in [-0.2, 0) is 11.8 Å². The van der Waals surface area contributed by atoms with Gasteiger partial charge in [0.1, 0.15) is 5.82 Å². The molecule has 0 spiro atoms. The summed E-state index contributed by atoms with van der Waals surface area (Å²) in [5.74, 6) is 5.51. The molecule has 1 aromatic carbocycles. The van der Waals surface area contributed by atoms with Crippen molar-refractivity contribution >= 4 is 11.3 Å². The van der Waals surface area contributed by atoms with Gasteiger partial charge in [0.15, 0.2) is 0 Å². The molecular weight excluding hydrogens is 259 g/mol. The largest absolute Gasteiger partial charge is 0.271 e. The Balaban J connectivity index is 2.22. The second kappa shape index (κ2) is 5.82. The zero-order valence-electron chi connectivity index (χ0n) is 11.2. The molecule has 0 bridgehead atoms. The van der Waals surface area contributed by atoms with Gasteiger partial charge < -0.3 is 0 Å². The van der Waals surface area contributed by atoms with E-state index in [2.05, 4.69) is 30.7 Å². The van der Waals surface area contributed by atoms with Crippen molar-refractivity contribution < 1.29 is 4.39 Å². The number of hydrogen-bond donors (Lipinski definition) is 2. The summed E-state index contributed by atoms with van der Waals surface area (Å²) in [5, 5.41) is 2.06. The van der Waals surface area contributed by atoms with Crippen LogP contribution in [0.1, 0.15) is 24.3 Å². The van der Waals surface area contributed by atoms with E-state index < -0.39 is 0 Å². The summed E-state index contributed by atoms with van der Waals surface area (Å²) in [6, 6.07) is 10.9. The van der Waals surface area contributed by atoms with E-state index >= 15 is 0 Å². The van der Waals surface area contributed by atoms with Crippen LogP contribution in [0.25, 0.3) is 0 Å². The fourth-order valence-electron chi connectivity index (χ4n) is 2.23. The first-order chi connectivity index (χ1) is 9.04. The Morgan fingerprint density at radius 3 is 2.47 bits per heavy atom. The van der Waals surface area contributed by atoms with Gasteiger partial charge in [-0.3, -0.25) is 11.3 Å². The molecule has 19 heavy (non-hydrogen) atoms. The average Bonchev–Trinajstić information content (AvgIpc) is 2.89. The summed E-state index contributed by atoms with van der Waals surface area (Å²) in [6.45, 7) is 4.25. The van der Waals surface area contributed by atoms with Crippen LogP contribution in [0.5, 0.6) is 0 Å². The molecule has 0 aliphatic carbocycles. The highest BCUT2D eigenvalue weighted by atomic mass is 32.1. The van der Waals surface area contributed by atoms with Crippen LogP contribution in [0.15, 0.2) is 41.8 Å². The van der Waals surface area contributed by atoms with Crippen molar-refractivity contribution in [2.24, 2.45) is 5.84 Å². The standard InChI is InChI=1S/C15H19FN2S/c1-15(2,11-5-7-12(16)8-6-11)14(18-17)10-13-4-3-9-19-13/h3-9,14,18H,10,17H2,1-2H3. The minimum absolute atomic E-state index is 0.0941. The topological polar surface area (TPSA) is 38.0 Å². The van der Waals surface area contributed by atoms with Gasteiger partial charge in [-0.15, -0.1) is 11.3 Å². The third-order valence-corrected chi connectivity index (χ3v) is 4.54. The number of rotatable bonds is 5. The molecule has 1 heterocycles. The molecule has 4 heteroatoms. The molecular formula is C15H19FN2S. The van der Waals surface area contributed by atoms with E-state index in [1.165, 1.54) is 17.0 Å². The Morgan fingerprint density at radius 2 is 1.95 bits per heavy atom. The first-order valence-corrected chi connectivity index (χ1v) is 7.16. The van der Waals surface area contributed by atoms with Crippen LogP contribution in [0, 0.1) is 5.82 Å². The highest BCUT2D eigenvalue weighted by molar-refractivity contribution is 7.09. The number of nitrogens with one attached hydrogen (secondary N) is 1. The maximum absolute atomic E-state index is 13.0. The molecule has 0 amide bonds. The molecule has 102 valence electrons. The van der Waals surface area contributed by atoms with Crippen LogP contribution in [0.2, 0.25) is 0 Å². The van der Waals surface area contributed by atoms with Crippen LogP contribution in [-0.4, -0.2) is 6.04 Å². The minimum atomic E-state index is -0.213. The second-order valence-electron chi connectivity index (χ2n) is 5.23. The third kappa shape index (κ3) is 3.21. The van der Waals surface area contributed by atoms with E-state index in [9.17, 15) is 4.39 Å². The summed E-state index contributed by atoms with van der Waals surface area (Å²) in [6.07, 6.45) is 0.860. The number of hydrazine groups is 1. The van der Waals surface area contributed by atoms with Crippen LogP contribution >= 0.6 is 11.3 Å². The molecule has 2 rings (SSSR count). The predicted octanol–water partition coefficient (Wildman–Crippen LogP) is 3.24. The summed E-state index contributed by atoms with van der Waals surface area (Å²) in [5.41, 5.74) is 3.81. The lowest BCUT2D eigenvalue weighted by Gasteiger charge is -2.34. The SMILES string of the molecule is CC(C)(c1ccc(F)cc1)C(Cc1cccs1)NN. The number of thiophene rings is 1. The fourth-order valence-corrected chi connectivity index (χ4v) is 2.98. The van der Waals surface area contributed by atoms with Crippen LogP contribution in [0.3, 0.4) is 0 Å². The lowest BCUT2D eigenvalue weighted by molar-refractivity contribution is 0.343. The molecule has 3 N–H and O–H groups in total. The summed E-state index contributed by atoms with van der Waals surface area (Å²) < 4.78 is 13.0. The maximum Gasteiger partial charge on any atom is 0.123 e. The third-order valence-electron chi connectivity index (χ3n) is 3.65. The molecule has 1 atom stereocenters. The molecule has 0 saturated carbocycles. The van der Waals surface area contributed by atoms with Gasteiger partial charge in [-0.1, -0.05) is 32.0 Å². The number of nitrogens with two attached hydrogens (primary N) is 1. The van der Waals surface area contributed by atoms with E-state index in [1.54, 1.807) is 11.3 Å². The Labute approximate surface area is 117 Å². The molecule has 0 aliphatic heterocycles. The van der Waals surface area contributed by atoms with Gasteiger partial charge in [-0.2, -0.15) is 0 Å². The summed E-state index contributed by atoms with van der Waals surface area (Å²) in [4.78, 5) is 1.29. The first kappa shape index (κ1) is 14.2. The molecule has 0 fully saturated rings. The van der Waals surface area contributed by atoms with Crippen molar-refractivity contribution in [1.29, 1.82) is 0 Å². The van der Waals surface area contributed by atoms with Gasteiger partial charge in [0.2, 0.25) is 0 Å². The fraction of sp³-hybridized carbons (Fsp3) is 0.333. The average molecular weight is 278 g/mol.